The molecular weight excluding hydrogens is 194 g/mol. The van der Waals surface area contributed by atoms with Crippen LogP contribution in [0.3, 0.4) is 0 Å². The van der Waals surface area contributed by atoms with E-state index >= 15 is 0 Å². The van der Waals surface area contributed by atoms with Gasteiger partial charge < -0.3 is 9.84 Å². The van der Waals surface area contributed by atoms with Crippen molar-refractivity contribution < 1.29 is 14.6 Å². The minimum absolute atomic E-state index is 0.0656. The van der Waals surface area contributed by atoms with Gasteiger partial charge >= 0.3 is 5.97 Å². The maximum absolute atomic E-state index is 11.2. The Bertz CT molecular complexity index is 356. The van der Waals surface area contributed by atoms with Gasteiger partial charge in [0.1, 0.15) is 5.75 Å². The summed E-state index contributed by atoms with van der Waals surface area (Å²) in [6, 6.07) is 10.4. The normalized spacial score (nSPS) is 11.5. The van der Waals surface area contributed by atoms with Crippen LogP contribution in [-0.4, -0.2) is 17.2 Å². The Morgan fingerprint density at radius 3 is 2.73 bits per heavy atom. The van der Waals surface area contributed by atoms with Gasteiger partial charge in [-0.1, -0.05) is 18.2 Å². The Morgan fingerprint density at radius 2 is 2.13 bits per heavy atom. The van der Waals surface area contributed by atoms with E-state index in [1.165, 1.54) is 0 Å². The Morgan fingerprint density at radius 1 is 1.47 bits per heavy atom. The molecule has 1 atom stereocenters. The molecule has 0 saturated heterocycles. The van der Waals surface area contributed by atoms with Crippen molar-refractivity contribution in [1.82, 2.24) is 0 Å². The van der Waals surface area contributed by atoms with Gasteiger partial charge in [0.25, 0.3) is 0 Å². The van der Waals surface area contributed by atoms with E-state index < -0.39 is 12.1 Å². The monoisotopic (exact) mass is 205 g/mol. The number of esters is 1. The van der Waals surface area contributed by atoms with E-state index in [9.17, 15) is 9.90 Å². The van der Waals surface area contributed by atoms with Crippen LogP contribution in [0.4, 0.5) is 0 Å². The van der Waals surface area contributed by atoms with Gasteiger partial charge in [0.2, 0.25) is 0 Å². The van der Waals surface area contributed by atoms with Crippen LogP contribution in [0.15, 0.2) is 30.3 Å². The highest BCUT2D eigenvalue weighted by Crippen LogP contribution is 2.10. The quantitative estimate of drug-likeness (QED) is 0.593. The second-order valence-corrected chi connectivity index (χ2v) is 3.01. The van der Waals surface area contributed by atoms with Crippen molar-refractivity contribution in [3.05, 3.63) is 30.3 Å². The van der Waals surface area contributed by atoms with E-state index in [-0.39, 0.29) is 12.8 Å². The molecule has 0 bridgehead atoms. The first kappa shape index (κ1) is 11.2. The molecule has 1 aromatic carbocycles. The average Bonchev–Trinajstić information content (AvgIpc) is 2.19. The molecule has 0 radical (unpaired) electrons. The molecule has 0 amide bonds. The lowest BCUT2D eigenvalue weighted by molar-refractivity contribution is -0.136. The fourth-order valence-electron chi connectivity index (χ4n) is 1.03. The summed E-state index contributed by atoms with van der Waals surface area (Å²) in [5.41, 5.74) is 0. The predicted octanol–water partition coefficient (Wildman–Crippen LogP) is 1.26. The Kier molecular flexibility index (Phi) is 4.32. The molecule has 0 heterocycles. The van der Waals surface area contributed by atoms with Crippen LogP contribution in [0.1, 0.15) is 12.8 Å². The van der Waals surface area contributed by atoms with Crippen LogP contribution in [0.2, 0.25) is 0 Å². The molecule has 1 aromatic rings. The van der Waals surface area contributed by atoms with Gasteiger partial charge in [-0.05, 0) is 12.1 Å². The van der Waals surface area contributed by atoms with Gasteiger partial charge in [0, 0.05) is 0 Å². The molecule has 4 heteroatoms. The number of aliphatic hydroxyl groups is 1. The maximum Gasteiger partial charge on any atom is 0.313 e. The highest BCUT2D eigenvalue weighted by atomic mass is 16.5. The summed E-state index contributed by atoms with van der Waals surface area (Å²) in [5, 5.41) is 17.5. The van der Waals surface area contributed by atoms with E-state index in [0.717, 1.165) is 0 Å². The first-order valence-corrected chi connectivity index (χ1v) is 4.53. The number of ether oxygens (including phenoxy) is 1. The number of benzene rings is 1. The van der Waals surface area contributed by atoms with E-state index in [4.69, 9.17) is 10.00 Å². The van der Waals surface area contributed by atoms with Crippen LogP contribution in [0.25, 0.3) is 0 Å². The minimum Gasteiger partial charge on any atom is -0.426 e. The molecule has 0 aromatic heterocycles. The molecule has 78 valence electrons. The summed E-state index contributed by atoms with van der Waals surface area (Å²) in [6.07, 6.45) is -1.18. The molecule has 0 saturated carbocycles. The summed E-state index contributed by atoms with van der Waals surface area (Å²) in [5.74, 6) is -0.101. The largest absolute Gasteiger partial charge is 0.426 e. The lowest BCUT2D eigenvalue weighted by Gasteiger charge is -2.06. The molecule has 1 rings (SSSR count). The number of aliphatic hydroxyl groups excluding tert-OH is 1. The molecule has 0 aliphatic rings. The van der Waals surface area contributed by atoms with E-state index in [0.29, 0.717) is 5.75 Å². The van der Waals surface area contributed by atoms with Gasteiger partial charge in [-0.2, -0.15) is 5.26 Å². The third-order valence-electron chi connectivity index (χ3n) is 1.70. The predicted molar refractivity (Wildman–Crippen MR) is 52.9 cm³/mol. The van der Waals surface area contributed by atoms with Crippen LogP contribution >= 0.6 is 0 Å². The number of rotatable bonds is 4. The number of hydrogen-bond acceptors (Lipinski definition) is 4. The maximum atomic E-state index is 11.2. The third kappa shape index (κ3) is 4.25. The van der Waals surface area contributed by atoms with Crippen molar-refractivity contribution in [3.63, 3.8) is 0 Å². The molecule has 0 fully saturated rings. The number of nitriles is 1. The molecule has 4 nitrogen and oxygen atoms in total. The highest BCUT2D eigenvalue weighted by molar-refractivity contribution is 5.72. The smallest absolute Gasteiger partial charge is 0.313 e. The molecule has 0 spiro atoms. The fraction of sp³-hybridized carbons (Fsp3) is 0.273. The van der Waals surface area contributed by atoms with Gasteiger partial charge in [-0.3, -0.25) is 4.79 Å². The van der Waals surface area contributed by atoms with Gasteiger partial charge in [-0.25, -0.2) is 0 Å². The Labute approximate surface area is 87.7 Å². The average molecular weight is 205 g/mol. The van der Waals surface area contributed by atoms with Crippen molar-refractivity contribution in [2.45, 2.75) is 18.9 Å². The van der Waals surface area contributed by atoms with Crippen LogP contribution in [-0.2, 0) is 4.79 Å². The van der Waals surface area contributed by atoms with Crippen molar-refractivity contribution in [2.75, 3.05) is 0 Å². The Balaban J connectivity index is 2.41. The topological polar surface area (TPSA) is 70.3 Å². The lowest BCUT2D eigenvalue weighted by atomic mass is 10.2. The number of nitrogens with zero attached hydrogens (tertiary/aromatic N) is 1. The van der Waals surface area contributed by atoms with Crippen LogP contribution < -0.4 is 4.74 Å². The molecule has 0 aliphatic heterocycles. The van der Waals surface area contributed by atoms with Gasteiger partial charge in [0.05, 0.1) is 25.0 Å². The number of carbonyl (C=O) groups excluding carboxylic acids is 1. The summed E-state index contributed by atoms with van der Waals surface area (Å²) >= 11 is 0. The van der Waals surface area contributed by atoms with E-state index in [1.54, 1.807) is 30.3 Å². The Hall–Kier alpha value is -1.86. The van der Waals surface area contributed by atoms with Crippen molar-refractivity contribution in [3.8, 4) is 11.8 Å². The van der Waals surface area contributed by atoms with Gasteiger partial charge in [-0.15, -0.1) is 0 Å². The van der Waals surface area contributed by atoms with Crippen LogP contribution in [0.5, 0.6) is 5.75 Å². The first-order chi connectivity index (χ1) is 7.22. The number of carbonyl (C=O) groups is 1. The molecule has 15 heavy (non-hydrogen) atoms. The zero-order valence-electron chi connectivity index (χ0n) is 8.09. The SMILES string of the molecule is N#CC[C@@H](O)CC(=O)Oc1ccccc1. The van der Waals surface area contributed by atoms with Crippen LogP contribution in [0, 0.1) is 11.3 Å². The first-order valence-electron chi connectivity index (χ1n) is 4.53. The summed E-state index contributed by atoms with van der Waals surface area (Å²) in [6.45, 7) is 0. The zero-order valence-corrected chi connectivity index (χ0v) is 8.09. The summed E-state index contributed by atoms with van der Waals surface area (Å²) < 4.78 is 4.92. The standard InChI is InChI=1S/C11H11NO3/c12-7-6-9(13)8-11(14)15-10-4-2-1-3-5-10/h1-5,9,13H,6,8H2/t9-/m1/s1. The van der Waals surface area contributed by atoms with Gasteiger partial charge in [0.15, 0.2) is 0 Å². The van der Waals surface area contributed by atoms with E-state index in [2.05, 4.69) is 0 Å². The fourth-order valence-corrected chi connectivity index (χ4v) is 1.03. The second kappa shape index (κ2) is 5.78. The van der Waals surface area contributed by atoms with E-state index in [1.807, 2.05) is 6.07 Å². The third-order valence-corrected chi connectivity index (χ3v) is 1.70. The number of hydrogen-bond donors (Lipinski definition) is 1. The highest BCUT2D eigenvalue weighted by Gasteiger charge is 2.11. The molecule has 1 N–H and O–H groups in total. The molecule has 0 unspecified atom stereocenters. The lowest BCUT2D eigenvalue weighted by Crippen LogP contribution is -2.17. The minimum atomic E-state index is -0.953. The van der Waals surface area contributed by atoms with Crippen molar-refractivity contribution >= 4 is 5.97 Å². The van der Waals surface area contributed by atoms with Crippen molar-refractivity contribution in [2.24, 2.45) is 0 Å². The number of para-hydroxylation sites is 1. The van der Waals surface area contributed by atoms with Crippen molar-refractivity contribution in [1.29, 1.82) is 5.26 Å². The summed E-state index contributed by atoms with van der Waals surface area (Å²) in [7, 11) is 0. The second-order valence-electron chi connectivity index (χ2n) is 3.01. The molecule has 0 aliphatic carbocycles. The molecular formula is C11H11NO3. The zero-order chi connectivity index (χ0) is 11.1. The summed E-state index contributed by atoms with van der Waals surface area (Å²) in [4.78, 5) is 11.2.